The van der Waals surface area contributed by atoms with E-state index in [0.29, 0.717) is 24.4 Å². The van der Waals surface area contributed by atoms with E-state index in [2.05, 4.69) is 0 Å². The first-order chi connectivity index (χ1) is 6.65. The molecule has 0 bridgehead atoms. The number of phenolic OH excluding ortho intramolecular Hbond substituents is 1. The molecule has 14 heavy (non-hydrogen) atoms. The smallest absolute Gasteiger partial charge is 0.163 e. The summed E-state index contributed by atoms with van der Waals surface area (Å²) in [5.74, 6) is 0.236. The first kappa shape index (κ1) is 10.5. The molecule has 0 heterocycles. The van der Waals surface area contributed by atoms with Gasteiger partial charge in [0.1, 0.15) is 0 Å². The second-order valence-corrected chi connectivity index (χ2v) is 2.87. The molecule has 0 unspecified atom stereocenters. The van der Waals surface area contributed by atoms with E-state index < -0.39 is 0 Å². The fraction of sp³-hybridized carbons (Fsp3) is 0.333. The summed E-state index contributed by atoms with van der Waals surface area (Å²) in [6, 6.07) is 2.80. The number of benzene rings is 1. The van der Waals surface area contributed by atoms with Crippen LogP contribution in [0, 0.1) is 0 Å². The Bertz CT molecular complexity index is 315. The van der Waals surface area contributed by atoms with E-state index in [4.69, 9.17) is 21.3 Å². The molecule has 0 atom stereocenters. The number of hydrogen-bond acceptors (Lipinski definition) is 5. The maximum atomic E-state index is 9.39. The molecule has 1 aromatic carbocycles. The Balaban J connectivity index is 2.72. The largest absolute Gasteiger partial charge is 0.504 e. The number of nitrogen functional groups attached to an aromatic ring is 2. The van der Waals surface area contributed by atoms with Crippen LogP contribution in [0.5, 0.6) is 11.5 Å². The lowest BCUT2D eigenvalue weighted by Crippen LogP contribution is -2.01. The van der Waals surface area contributed by atoms with Gasteiger partial charge in [0, 0.05) is 25.2 Å². The molecule has 5 heteroatoms. The third-order valence-corrected chi connectivity index (χ3v) is 1.72. The van der Waals surface area contributed by atoms with Crippen molar-refractivity contribution in [2.75, 3.05) is 24.7 Å². The highest BCUT2D eigenvalue weighted by molar-refractivity contribution is 5.69. The highest BCUT2D eigenvalue weighted by atomic mass is 16.5. The van der Waals surface area contributed by atoms with Crippen molar-refractivity contribution < 1.29 is 14.9 Å². The van der Waals surface area contributed by atoms with Gasteiger partial charge >= 0.3 is 0 Å². The van der Waals surface area contributed by atoms with Gasteiger partial charge in [-0.1, -0.05) is 0 Å². The van der Waals surface area contributed by atoms with Crippen molar-refractivity contribution in [3.63, 3.8) is 0 Å². The summed E-state index contributed by atoms with van der Waals surface area (Å²) < 4.78 is 5.17. The molecule has 78 valence electrons. The van der Waals surface area contributed by atoms with E-state index >= 15 is 0 Å². The minimum Gasteiger partial charge on any atom is -0.504 e. The Kier molecular flexibility index (Phi) is 3.41. The average molecular weight is 198 g/mol. The predicted molar refractivity (Wildman–Crippen MR) is 54.1 cm³/mol. The molecular weight excluding hydrogens is 184 g/mol. The zero-order chi connectivity index (χ0) is 10.6. The normalized spacial score (nSPS) is 10.1. The first-order valence-electron chi connectivity index (χ1n) is 4.26. The number of phenols is 1. The summed E-state index contributed by atoms with van der Waals surface area (Å²) in [4.78, 5) is 0. The quantitative estimate of drug-likeness (QED) is 0.317. The van der Waals surface area contributed by atoms with Crippen LogP contribution in [-0.2, 0) is 0 Å². The van der Waals surface area contributed by atoms with Crippen LogP contribution >= 0.6 is 0 Å². The molecule has 1 aromatic rings. The molecule has 0 fully saturated rings. The summed E-state index contributed by atoms with van der Waals surface area (Å²) in [7, 11) is 0. The van der Waals surface area contributed by atoms with Crippen LogP contribution in [0.15, 0.2) is 12.1 Å². The van der Waals surface area contributed by atoms with Gasteiger partial charge in [0.2, 0.25) is 0 Å². The Morgan fingerprint density at radius 1 is 1.21 bits per heavy atom. The number of hydrogen-bond donors (Lipinski definition) is 4. The average Bonchev–Trinajstić information content (AvgIpc) is 2.14. The summed E-state index contributed by atoms with van der Waals surface area (Å²) in [6.45, 7) is 0.374. The van der Waals surface area contributed by atoms with Crippen molar-refractivity contribution >= 4 is 11.4 Å². The highest BCUT2D eigenvalue weighted by Crippen LogP contribution is 2.32. The van der Waals surface area contributed by atoms with Crippen LogP contribution in [0.2, 0.25) is 0 Å². The third kappa shape index (κ3) is 2.43. The first-order valence-corrected chi connectivity index (χ1v) is 4.26. The van der Waals surface area contributed by atoms with E-state index in [1.54, 1.807) is 0 Å². The molecule has 0 aromatic heterocycles. The highest BCUT2D eigenvalue weighted by Gasteiger charge is 2.05. The van der Waals surface area contributed by atoms with Gasteiger partial charge in [-0.05, 0) is 0 Å². The summed E-state index contributed by atoms with van der Waals surface area (Å²) >= 11 is 0. The van der Waals surface area contributed by atoms with Gasteiger partial charge in [-0.15, -0.1) is 0 Å². The number of aliphatic hydroxyl groups excluding tert-OH is 1. The number of rotatable bonds is 4. The Hall–Kier alpha value is -1.62. The van der Waals surface area contributed by atoms with Gasteiger partial charge in [-0.25, -0.2) is 0 Å². The lowest BCUT2D eigenvalue weighted by molar-refractivity contribution is 0.229. The summed E-state index contributed by atoms with van der Waals surface area (Å²) in [5, 5.41) is 17.9. The maximum Gasteiger partial charge on any atom is 0.163 e. The van der Waals surface area contributed by atoms with Crippen molar-refractivity contribution in [3.05, 3.63) is 12.1 Å². The lowest BCUT2D eigenvalue weighted by Gasteiger charge is -2.09. The number of aromatic hydroxyl groups is 1. The Morgan fingerprint density at radius 3 is 2.50 bits per heavy atom. The molecule has 1 rings (SSSR count). The summed E-state index contributed by atoms with van der Waals surface area (Å²) in [6.07, 6.45) is 0.504. The van der Waals surface area contributed by atoms with Gasteiger partial charge in [-0.3, -0.25) is 0 Å². The topological polar surface area (TPSA) is 102 Å². The van der Waals surface area contributed by atoms with Crippen molar-refractivity contribution in [3.8, 4) is 11.5 Å². The predicted octanol–water partition coefficient (Wildman–Crippen LogP) is 0.318. The number of ether oxygens (including phenoxy) is 1. The van der Waals surface area contributed by atoms with Crippen molar-refractivity contribution in [1.82, 2.24) is 0 Å². The molecular formula is C9H14N2O3. The molecule has 0 amide bonds. The standard InChI is InChI=1S/C9H14N2O3/c10-6-4-8(13)9(5-7(6)11)14-3-1-2-12/h4-5,12-13H,1-3,10-11H2. The Labute approximate surface area is 81.9 Å². The number of nitrogens with two attached hydrogens (primary N) is 2. The van der Waals surface area contributed by atoms with Crippen molar-refractivity contribution in [1.29, 1.82) is 0 Å². The van der Waals surface area contributed by atoms with Crippen LogP contribution < -0.4 is 16.2 Å². The molecule has 0 saturated carbocycles. The molecule has 0 saturated heterocycles. The fourth-order valence-corrected chi connectivity index (χ4v) is 0.963. The van der Waals surface area contributed by atoms with E-state index in [0.717, 1.165) is 0 Å². The van der Waals surface area contributed by atoms with Gasteiger partial charge in [0.15, 0.2) is 11.5 Å². The van der Waals surface area contributed by atoms with Crippen molar-refractivity contribution in [2.45, 2.75) is 6.42 Å². The SMILES string of the molecule is Nc1cc(O)c(OCCCO)cc1N. The molecule has 0 aliphatic carbocycles. The molecule has 0 radical (unpaired) electrons. The number of aliphatic hydroxyl groups is 1. The number of anilines is 2. The van der Waals surface area contributed by atoms with Gasteiger partial charge in [0.25, 0.3) is 0 Å². The van der Waals surface area contributed by atoms with Gasteiger partial charge in [0.05, 0.1) is 18.0 Å². The second kappa shape index (κ2) is 4.57. The van der Waals surface area contributed by atoms with Crippen LogP contribution in [0.4, 0.5) is 11.4 Å². The molecule has 6 N–H and O–H groups in total. The van der Waals surface area contributed by atoms with Crippen molar-refractivity contribution in [2.24, 2.45) is 0 Å². The third-order valence-electron chi connectivity index (χ3n) is 1.72. The van der Waals surface area contributed by atoms with Gasteiger partial charge in [-0.2, -0.15) is 0 Å². The Morgan fingerprint density at radius 2 is 1.86 bits per heavy atom. The van der Waals surface area contributed by atoms with E-state index in [1.807, 2.05) is 0 Å². The van der Waals surface area contributed by atoms with E-state index in [1.165, 1.54) is 12.1 Å². The molecule has 5 nitrogen and oxygen atoms in total. The second-order valence-electron chi connectivity index (χ2n) is 2.87. The van der Waals surface area contributed by atoms with Crippen LogP contribution in [0.25, 0.3) is 0 Å². The van der Waals surface area contributed by atoms with E-state index in [9.17, 15) is 5.11 Å². The zero-order valence-electron chi connectivity index (χ0n) is 7.73. The molecule has 0 aliphatic rings. The molecule has 0 spiro atoms. The van der Waals surface area contributed by atoms with E-state index in [-0.39, 0.29) is 18.1 Å². The maximum absolute atomic E-state index is 9.39. The van der Waals surface area contributed by atoms with Crippen LogP contribution in [-0.4, -0.2) is 23.4 Å². The summed E-state index contributed by atoms with van der Waals surface area (Å²) in [5.41, 5.74) is 11.7. The monoisotopic (exact) mass is 198 g/mol. The zero-order valence-corrected chi connectivity index (χ0v) is 7.73. The molecule has 0 aliphatic heterocycles. The van der Waals surface area contributed by atoms with Crippen LogP contribution in [0.1, 0.15) is 6.42 Å². The van der Waals surface area contributed by atoms with Crippen LogP contribution in [0.3, 0.4) is 0 Å². The fourth-order valence-electron chi connectivity index (χ4n) is 0.963. The minimum absolute atomic E-state index is 0.0466. The minimum atomic E-state index is -0.0466. The van der Waals surface area contributed by atoms with Gasteiger partial charge < -0.3 is 26.4 Å². The lowest BCUT2D eigenvalue weighted by atomic mass is 10.2.